The number of hydrogen-bond acceptors (Lipinski definition) is 1. The van der Waals surface area contributed by atoms with Crippen LogP contribution < -0.4 is 0 Å². The van der Waals surface area contributed by atoms with E-state index in [2.05, 4.69) is 208 Å². The topological polar surface area (TPSA) is 0 Å². The van der Waals surface area contributed by atoms with Gasteiger partial charge in [0.2, 0.25) is 0 Å². The molecule has 60 heavy (non-hydrogen) atoms. The molecule has 1 heterocycles. The van der Waals surface area contributed by atoms with Gasteiger partial charge in [-0.2, -0.15) is 0 Å². The Kier molecular flexibility index (Phi) is 7.04. The van der Waals surface area contributed by atoms with Crippen LogP contribution in [0.1, 0.15) is 25.0 Å². The molecular weight excluding hydrogens is 741 g/mol. The van der Waals surface area contributed by atoms with Gasteiger partial charge in [0.05, 0.1) is 0 Å². The molecule has 13 rings (SSSR count). The number of hydrogen-bond donors (Lipinski definition) is 0. The molecule has 0 saturated heterocycles. The molecular formula is C59H38S. The van der Waals surface area contributed by atoms with E-state index in [-0.39, 0.29) is 5.41 Å². The van der Waals surface area contributed by atoms with Crippen molar-refractivity contribution in [3.8, 4) is 44.5 Å². The molecule has 0 N–H and O–H groups in total. The highest BCUT2D eigenvalue weighted by Gasteiger charge is 2.36. The van der Waals surface area contributed by atoms with E-state index in [0.29, 0.717) is 0 Å². The normalized spacial score (nSPS) is 13.3. The highest BCUT2D eigenvalue weighted by Crippen LogP contribution is 2.53. The first-order valence-electron chi connectivity index (χ1n) is 21.0. The third-order valence-electron chi connectivity index (χ3n) is 13.6. The monoisotopic (exact) mass is 778 g/mol. The van der Waals surface area contributed by atoms with Crippen molar-refractivity contribution in [1.29, 1.82) is 0 Å². The smallest absolute Gasteiger partial charge is 0.0361 e. The predicted molar refractivity (Wildman–Crippen MR) is 261 cm³/mol. The number of fused-ring (bicyclic) bond motifs is 11. The van der Waals surface area contributed by atoms with Gasteiger partial charge in [0, 0.05) is 25.6 Å². The summed E-state index contributed by atoms with van der Waals surface area (Å²) in [6.45, 7) is 4.79. The SMILES string of the molecule is CC1(C)c2ccc(-c3ccc(-c4c5ccccc5c(-c5cccc6ccccc56)c5ccccc45)c4ccccc34)cc2-c2cc3cc4sc5ccccc5c4cc3cc21. The Morgan fingerprint density at radius 3 is 1.55 bits per heavy atom. The van der Waals surface area contributed by atoms with Crippen LogP contribution in [-0.2, 0) is 5.41 Å². The molecule has 0 unspecified atom stereocenters. The summed E-state index contributed by atoms with van der Waals surface area (Å²) in [7, 11) is 0. The van der Waals surface area contributed by atoms with Gasteiger partial charge in [-0.25, -0.2) is 0 Å². The summed E-state index contributed by atoms with van der Waals surface area (Å²) in [4.78, 5) is 0. The molecule has 0 fully saturated rings. The van der Waals surface area contributed by atoms with Crippen molar-refractivity contribution < 1.29 is 0 Å². The Morgan fingerprint density at radius 1 is 0.300 bits per heavy atom. The summed E-state index contributed by atoms with van der Waals surface area (Å²) in [5.74, 6) is 0. The number of benzene rings is 11. The molecule has 1 aliphatic carbocycles. The second-order valence-corrected chi connectivity index (χ2v) is 18.2. The standard InChI is InChI=1S/C59H38S/c1-59(2)53-29-26-36(30-50(53)51-31-38-34-56-52(32-37(38)33-54(51)59)43-19-11-12-25-55(43)60-56)40-27-28-49(42-18-6-5-17-41(40)42)58-47-22-9-7-20-45(47)57(46-21-8-10-23-48(46)58)44-24-13-15-35-14-3-4-16-39(35)44/h3-34H,1-2H3. The van der Waals surface area contributed by atoms with E-state index >= 15 is 0 Å². The second kappa shape index (κ2) is 12.5. The van der Waals surface area contributed by atoms with Crippen molar-refractivity contribution in [1.82, 2.24) is 0 Å². The van der Waals surface area contributed by atoms with E-state index in [9.17, 15) is 0 Å². The lowest BCUT2D eigenvalue weighted by molar-refractivity contribution is 0.661. The Bertz CT molecular complexity index is 3740. The summed E-state index contributed by atoms with van der Waals surface area (Å²) in [6, 6.07) is 73.2. The molecule has 1 aliphatic rings. The lowest BCUT2D eigenvalue weighted by Gasteiger charge is -2.22. The average molecular weight is 779 g/mol. The van der Waals surface area contributed by atoms with Gasteiger partial charge in [-0.05, 0) is 146 Å². The van der Waals surface area contributed by atoms with Gasteiger partial charge >= 0.3 is 0 Å². The van der Waals surface area contributed by atoms with Gasteiger partial charge in [-0.15, -0.1) is 11.3 Å². The molecule has 12 aromatic rings. The fourth-order valence-electron chi connectivity index (χ4n) is 10.8. The molecule has 1 heteroatoms. The molecule has 1 aromatic heterocycles. The molecule has 0 bridgehead atoms. The van der Waals surface area contributed by atoms with Crippen molar-refractivity contribution in [2.75, 3.05) is 0 Å². The fourth-order valence-corrected chi connectivity index (χ4v) is 11.9. The second-order valence-electron chi connectivity index (χ2n) is 17.2. The van der Waals surface area contributed by atoms with E-state index in [1.165, 1.54) is 130 Å². The minimum atomic E-state index is -0.102. The fraction of sp³-hybridized carbons (Fsp3) is 0.0508. The van der Waals surface area contributed by atoms with E-state index in [1.54, 1.807) is 0 Å². The van der Waals surface area contributed by atoms with Crippen LogP contribution in [0.3, 0.4) is 0 Å². The summed E-state index contributed by atoms with van der Waals surface area (Å²) >= 11 is 1.90. The van der Waals surface area contributed by atoms with Crippen LogP contribution in [0, 0.1) is 0 Å². The lowest BCUT2D eigenvalue weighted by Crippen LogP contribution is -2.14. The van der Waals surface area contributed by atoms with Crippen molar-refractivity contribution in [2.24, 2.45) is 0 Å². The summed E-state index contributed by atoms with van der Waals surface area (Å²) in [6.07, 6.45) is 0. The van der Waals surface area contributed by atoms with Crippen molar-refractivity contribution >= 4 is 85.4 Å². The van der Waals surface area contributed by atoms with E-state index in [0.717, 1.165) is 0 Å². The average Bonchev–Trinajstić information content (AvgIpc) is 3.76. The Hall–Kier alpha value is -7.06. The van der Waals surface area contributed by atoms with Crippen LogP contribution in [0.2, 0.25) is 0 Å². The van der Waals surface area contributed by atoms with Gasteiger partial charge < -0.3 is 0 Å². The van der Waals surface area contributed by atoms with Gasteiger partial charge in [-0.3, -0.25) is 0 Å². The summed E-state index contributed by atoms with van der Waals surface area (Å²) in [5.41, 5.74) is 13.0. The number of thiophene rings is 1. The van der Waals surface area contributed by atoms with Gasteiger partial charge in [-0.1, -0.05) is 172 Å². The first kappa shape index (κ1) is 33.9. The minimum absolute atomic E-state index is 0.102. The molecule has 280 valence electrons. The van der Waals surface area contributed by atoms with Crippen molar-refractivity contribution in [2.45, 2.75) is 19.3 Å². The van der Waals surface area contributed by atoms with Crippen LogP contribution in [0.25, 0.3) is 119 Å². The molecule has 0 radical (unpaired) electrons. The quantitative estimate of drug-likeness (QED) is 0.157. The van der Waals surface area contributed by atoms with Crippen LogP contribution in [0.5, 0.6) is 0 Å². The van der Waals surface area contributed by atoms with Crippen LogP contribution in [0.4, 0.5) is 0 Å². The minimum Gasteiger partial charge on any atom is -0.135 e. The summed E-state index contributed by atoms with van der Waals surface area (Å²) < 4.78 is 2.70. The van der Waals surface area contributed by atoms with Crippen molar-refractivity contribution in [3.63, 3.8) is 0 Å². The zero-order chi connectivity index (χ0) is 39.7. The first-order chi connectivity index (χ1) is 29.5. The van der Waals surface area contributed by atoms with Crippen LogP contribution in [0.15, 0.2) is 194 Å². The third kappa shape index (κ3) is 4.73. The first-order valence-corrected chi connectivity index (χ1v) is 21.8. The maximum Gasteiger partial charge on any atom is 0.0361 e. The maximum absolute atomic E-state index is 2.47. The number of rotatable bonds is 3. The molecule has 11 aromatic carbocycles. The molecule has 0 aliphatic heterocycles. The Balaban J connectivity index is 1.01. The highest BCUT2D eigenvalue weighted by molar-refractivity contribution is 7.25. The van der Waals surface area contributed by atoms with Crippen LogP contribution in [-0.4, -0.2) is 0 Å². The summed E-state index contributed by atoms with van der Waals surface area (Å²) in [5, 5.41) is 15.5. The Labute approximate surface area is 352 Å². The molecule has 0 nitrogen and oxygen atoms in total. The highest BCUT2D eigenvalue weighted by atomic mass is 32.1. The zero-order valence-corrected chi connectivity index (χ0v) is 34.2. The van der Waals surface area contributed by atoms with E-state index in [1.807, 2.05) is 11.3 Å². The van der Waals surface area contributed by atoms with Gasteiger partial charge in [0.15, 0.2) is 0 Å². The largest absolute Gasteiger partial charge is 0.135 e. The molecule has 0 spiro atoms. The maximum atomic E-state index is 2.47. The van der Waals surface area contributed by atoms with Crippen LogP contribution >= 0.6 is 11.3 Å². The lowest BCUT2D eigenvalue weighted by atomic mass is 9.81. The third-order valence-corrected chi connectivity index (χ3v) is 14.8. The Morgan fingerprint density at radius 2 is 0.833 bits per heavy atom. The zero-order valence-electron chi connectivity index (χ0n) is 33.4. The van der Waals surface area contributed by atoms with E-state index < -0.39 is 0 Å². The van der Waals surface area contributed by atoms with Crippen molar-refractivity contribution in [3.05, 3.63) is 205 Å². The molecule has 0 atom stereocenters. The molecule has 0 amide bonds. The van der Waals surface area contributed by atoms with E-state index in [4.69, 9.17) is 0 Å². The van der Waals surface area contributed by atoms with Gasteiger partial charge in [0.25, 0.3) is 0 Å². The molecule has 0 saturated carbocycles. The predicted octanol–water partition coefficient (Wildman–Crippen LogP) is 17.1. The van der Waals surface area contributed by atoms with Gasteiger partial charge in [0.1, 0.15) is 0 Å².